The monoisotopic (exact) mass is 308 g/mol. The standard InChI is InChI=1S/C16H25FN4O/c1-20(12-13-2-4-14(17)5-3-13)10-11-21-8-6-15(7-9-21)19-16(18)22/h2-5,15H,6-12H2,1H3,(H3,18,19,22). The third kappa shape index (κ3) is 5.61. The zero-order valence-electron chi connectivity index (χ0n) is 13.1. The molecule has 0 atom stereocenters. The molecule has 0 bridgehead atoms. The minimum atomic E-state index is -0.433. The van der Waals surface area contributed by atoms with Crippen molar-refractivity contribution in [2.45, 2.75) is 25.4 Å². The second kappa shape index (κ2) is 8.10. The molecule has 0 unspecified atom stereocenters. The first-order chi connectivity index (χ1) is 10.5. The molecule has 1 fully saturated rings. The number of likely N-dealkylation sites (N-methyl/N-ethyl adjacent to an activating group) is 1. The molecule has 0 spiro atoms. The number of nitrogens with two attached hydrogens (primary N) is 1. The van der Waals surface area contributed by atoms with Crippen molar-refractivity contribution in [2.24, 2.45) is 5.73 Å². The summed E-state index contributed by atoms with van der Waals surface area (Å²) in [6.07, 6.45) is 1.90. The Kier molecular flexibility index (Phi) is 6.15. The van der Waals surface area contributed by atoms with Crippen LogP contribution in [0.4, 0.5) is 9.18 Å². The number of primary amides is 1. The predicted molar refractivity (Wildman–Crippen MR) is 84.9 cm³/mol. The lowest BCUT2D eigenvalue weighted by atomic mass is 10.1. The minimum Gasteiger partial charge on any atom is -0.352 e. The molecule has 2 amide bonds. The molecule has 6 heteroatoms. The summed E-state index contributed by atoms with van der Waals surface area (Å²) in [6.45, 7) is 4.75. The van der Waals surface area contributed by atoms with Gasteiger partial charge in [-0.1, -0.05) is 12.1 Å². The van der Waals surface area contributed by atoms with Gasteiger partial charge >= 0.3 is 6.03 Å². The molecule has 0 radical (unpaired) electrons. The molecule has 122 valence electrons. The third-order valence-electron chi connectivity index (χ3n) is 4.10. The highest BCUT2D eigenvalue weighted by atomic mass is 19.1. The van der Waals surface area contributed by atoms with Crippen LogP contribution in [0.2, 0.25) is 0 Å². The average Bonchev–Trinajstić information content (AvgIpc) is 2.48. The van der Waals surface area contributed by atoms with Gasteiger partial charge in [0.25, 0.3) is 0 Å². The number of hydrogen-bond donors (Lipinski definition) is 2. The Labute approximate surface area is 131 Å². The van der Waals surface area contributed by atoms with E-state index in [1.807, 2.05) is 12.1 Å². The molecule has 1 aliphatic rings. The third-order valence-corrected chi connectivity index (χ3v) is 4.10. The van der Waals surface area contributed by atoms with E-state index in [-0.39, 0.29) is 11.9 Å². The number of piperidine rings is 1. The summed E-state index contributed by atoms with van der Waals surface area (Å²) in [5.74, 6) is -0.196. The number of hydrogen-bond acceptors (Lipinski definition) is 3. The van der Waals surface area contributed by atoms with Gasteiger partial charge in [0.05, 0.1) is 0 Å². The molecule has 2 rings (SSSR count). The lowest BCUT2D eigenvalue weighted by Gasteiger charge is -2.33. The minimum absolute atomic E-state index is 0.196. The van der Waals surface area contributed by atoms with E-state index in [1.54, 1.807) is 0 Å². The van der Waals surface area contributed by atoms with Gasteiger partial charge in [-0.3, -0.25) is 0 Å². The van der Waals surface area contributed by atoms with E-state index < -0.39 is 6.03 Å². The summed E-state index contributed by atoms with van der Waals surface area (Å²) >= 11 is 0. The number of carbonyl (C=O) groups excluding carboxylic acids is 1. The number of nitrogens with one attached hydrogen (secondary N) is 1. The predicted octanol–water partition coefficient (Wildman–Crippen LogP) is 1.39. The maximum atomic E-state index is 12.9. The Morgan fingerprint density at radius 3 is 2.59 bits per heavy atom. The number of carbonyl (C=O) groups is 1. The van der Waals surface area contributed by atoms with Crippen molar-refractivity contribution in [1.29, 1.82) is 0 Å². The van der Waals surface area contributed by atoms with Crippen LogP contribution in [0, 0.1) is 5.82 Å². The van der Waals surface area contributed by atoms with Gasteiger partial charge in [0, 0.05) is 38.8 Å². The number of benzene rings is 1. The summed E-state index contributed by atoms with van der Waals surface area (Å²) in [5, 5.41) is 2.78. The second-order valence-corrected chi connectivity index (χ2v) is 5.99. The van der Waals surface area contributed by atoms with Crippen LogP contribution in [0.5, 0.6) is 0 Å². The van der Waals surface area contributed by atoms with E-state index in [0.717, 1.165) is 51.1 Å². The topological polar surface area (TPSA) is 61.6 Å². The van der Waals surface area contributed by atoms with Crippen molar-refractivity contribution in [3.05, 3.63) is 35.6 Å². The molecule has 22 heavy (non-hydrogen) atoms. The van der Waals surface area contributed by atoms with Crippen molar-refractivity contribution in [3.8, 4) is 0 Å². The van der Waals surface area contributed by atoms with Gasteiger partial charge in [-0.15, -0.1) is 0 Å². The van der Waals surface area contributed by atoms with Crippen molar-refractivity contribution in [1.82, 2.24) is 15.1 Å². The highest BCUT2D eigenvalue weighted by molar-refractivity contribution is 5.71. The number of likely N-dealkylation sites (tertiary alicyclic amines) is 1. The quantitative estimate of drug-likeness (QED) is 0.835. The van der Waals surface area contributed by atoms with Crippen LogP contribution in [0.25, 0.3) is 0 Å². The number of nitrogens with zero attached hydrogens (tertiary/aromatic N) is 2. The van der Waals surface area contributed by atoms with Crippen LogP contribution in [0.3, 0.4) is 0 Å². The van der Waals surface area contributed by atoms with E-state index >= 15 is 0 Å². The van der Waals surface area contributed by atoms with Gasteiger partial charge in [-0.2, -0.15) is 0 Å². The normalized spacial score (nSPS) is 16.9. The molecule has 1 aromatic carbocycles. The Bertz CT molecular complexity index is 472. The number of rotatable bonds is 6. The Morgan fingerprint density at radius 2 is 2.00 bits per heavy atom. The van der Waals surface area contributed by atoms with Crippen LogP contribution in [0.15, 0.2) is 24.3 Å². The Hall–Kier alpha value is -1.66. The smallest absolute Gasteiger partial charge is 0.312 e. The first-order valence-corrected chi connectivity index (χ1v) is 7.74. The van der Waals surface area contributed by atoms with E-state index in [4.69, 9.17) is 5.73 Å². The SMILES string of the molecule is CN(CCN1CCC(NC(N)=O)CC1)Cc1ccc(F)cc1. The lowest BCUT2D eigenvalue weighted by molar-refractivity contribution is 0.173. The van der Waals surface area contributed by atoms with E-state index in [1.165, 1.54) is 12.1 Å². The van der Waals surface area contributed by atoms with Crippen LogP contribution < -0.4 is 11.1 Å². The number of amides is 2. The fourth-order valence-electron chi connectivity index (χ4n) is 2.79. The zero-order valence-corrected chi connectivity index (χ0v) is 13.1. The maximum absolute atomic E-state index is 12.9. The first kappa shape index (κ1) is 16.7. The molecule has 1 aromatic rings. The van der Waals surface area contributed by atoms with E-state index in [2.05, 4.69) is 22.2 Å². The molecule has 1 aliphatic heterocycles. The highest BCUT2D eigenvalue weighted by Gasteiger charge is 2.19. The number of urea groups is 1. The molecule has 1 saturated heterocycles. The van der Waals surface area contributed by atoms with E-state index in [9.17, 15) is 9.18 Å². The summed E-state index contributed by atoms with van der Waals surface area (Å²) in [6, 6.07) is 6.43. The highest BCUT2D eigenvalue weighted by Crippen LogP contribution is 2.10. The fourth-order valence-corrected chi connectivity index (χ4v) is 2.79. The zero-order chi connectivity index (χ0) is 15.9. The van der Waals surface area contributed by atoms with Crippen LogP contribution in [0.1, 0.15) is 18.4 Å². The maximum Gasteiger partial charge on any atom is 0.312 e. The fraction of sp³-hybridized carbons (Fsp3) is 0.562. The summed E-state index contributed by atoms with van der Waals surface area (Å²) in [7, 11) is 2.07. The van der Waals surface area contributed by atoms with Gasteiger partial charge in [0.1, 0.15) is 5.82 Å². The van der Waals surface area contributed by atoms with E-state index in [0.29, 0.717) is 0 Å². The summed E-state index contributed by atoms with van der Waals surface area (Å²) in [5.41, 5.74) is 6.26. The van der Waals surface area contributed by atoms with Crippen molar-refractivity contribution < 1.29 is 9.18 Å². The Morgan fingerprint density at radius 1 is 1.36 bits per heavy atom. The molecule has 3 N–H and O–H groups in total. The largest absolute Gasteiger partial charge is 0.352 e. The lowest BCUT2D eigenvalue weighted by Crippen LogP contribution is -2.47. The average molecular weight is 308 g/mol. The van der Waals surface area contributed by atoms with Gasteiger partial charge in [-0.25, -0.2) is 9.18 Å². The van der Waals surface area contributed by atoms with Crippen molar-refractivity contribution >= 4 is 6.03 Å². The van der Waals surface area contributed by atoms with Crippen LogP contribution >= 0.6 is 0 Å². The van der Waals surface area contributed by atoms with Gasteiger partial charge in [0.15, 0.2) is 0 Å². The van der Waals surface area contributed by atoms with Crippen molar-refractivity contribution in [3.63, 3.8) is 0 Å². The molecule has 1 heterocycles. The first-order valence-electron chi connectivity index (χ1n) is 7.74. The molecule has 5 nitrogen and oxygen atoms in total. The van der Waals surface area contributed by atoms with Crippen molar-refractivity contribution in [2.75, 3.05) is 33.2 Å². The van der Waals surface area contributed by atoms with Gasteiger partial charge < -0.3 is 20.9 Å². The molecule has 0 saturated carbocycles. The van der Waals surface area contributed by atoms with Crippen LogP contribution in [-0.4, -0.2) is 55.1 Å². The number of halogens is 1. The summed E-state index contributed by atoms with van der Waals surface area (Å²) < 4.78 is 12.9. The van der Waals surface area contributed by atoms with Gasteiger partial charge in [-0.05, 0) is 37.6 Å². The molecular weight excluding hydrogens is 283 g/mol. The molecule has 0 aliphatic carbocycles. The second-order valence-electron chi connectivity index (χ2n) is 5.99. The Balaban J connectivity index is 1.66. The summed E-state index contributed by atoms with van der Waals surface area (Å²) in [4.78, 5) is 15.5. The van der Waals surface area contributed by atoms with Crippen LogP contribution in [-0.2, 0) is 6.54 Å². The van der Waals surface area contributed by atoms with Gasteiger partial charge in [0.2, 0.25) is 0 Å². The molecule has 0 aromatic heterocycles. The molecular formula is C16H25FN4O.